The molecule has 0 aromatic rings. The third-order valence-corrected chi connectivity index (χ3v) is 11.7. The van der Waals surface area contributed by atoms with Crippen LogP contribution in [-0.4, -0.2) is 53.1 Å². The monoisotopic (exact) mass is 461 g/mol. The van der Waals surface area contributed by atoms with Crippen LogP contribution in [0.15, 0.2) is 0 Å². The van der Waals surface area contributed by atoms with E-state index in [-0.39, 0.29) is 29.1 Å². The van der Waals surface area contributed by atoms with Crippen LogP contribution < -0.4 is 0 Å². The second-order valence-corrected chi connectivity index (χ2v) is 13.0. The zero-order valence-corrected chi connectivity index (χ0v) is 21.3. The van der Waals surface area contributed by atoms with E-state index < -0.39 is 0 Å². The van der Waals surface area contributed by atoms with Gasteiger partial charge in [-0.25, -0.2) is 4.79 Å². The summed E-state index contributed by atoms with van der Waals surface area (Å²) in [4.78, 5) is 14.1. The minimum atomic E-state index is -0.244. The Balaban J connectivity index is 1.34. The molecule has 0 spiro atoms. The van der Waals surface area contributed by atoms with Gasteiger partial charge in [-0.2, -0.15) is 0 Å². The number of hydrogen-bond acceptors (Lipinski definition) is 4. The molecule has 11 atom stereocenters. The lowest BCUT2D eigenvalue weighted by atomic mass is 9.41. The molecule has 0 aromatic carbocycles. The molecule has 5 heteroatoms. The fourth-order valence-electron chi connectivity index (χ4n) is 9.84. The van der Waals surface area contributed by atoms with Gasteiger partial charge < -0.3 is 19.8 Å². The van der Waals surface area contributed by atoms with E-state index >= 15 is 0 Å². The fraction of sp³-hybridized carbons (Fsp3) is 0.964. The van der Waals surface area contributed by atoms with Crippen molar-refractivity contribution in [1.29, 1.82) is 0 Å². The van der Waals surface area contributed by atoms with Crippen molar-refractivity contribution in [3.8, 4) is 0 Å². The van der Waals surface area contributed by atoms with Gasteiger partial charge in [-0.1, -0.05) is 34.1 Å². The number of carbonyl (C=O) groups excluding carboxylic acids is 1. The van der Waals surface area contributed by atoms with E-state index in [0.29, 0.717) is 48.0 Å². The molecule has 0 bridgehead atoms. The largest absolute Gasteiger partial charge is 0.449 e. The lowest BCUT2D eigenvalue weighted by Crippen LogP contribution is -2.62. The first-order chi connectivity index (χ1) is 15.7. The van der Waals surface area contributed by atoms with Gasteiger partial charge in [0.15, 0.2) is 0 Å². The molecule has 4 aliphatic carbocycles. The average Bonchev–Trinajstić information content (AvgIpc) is 3.09. The van der Waals surface area contributed by atoms with E-state index in [2.05, 4.69) is 27.7 Å². The Hall–Kier alpha value is -0.810. The summed E-state index contributed by atoms with van der Waals surface area (Å²) in [5.41, 5.74) is 0.474. The van der Waals surface area contributed by atoms with E-state index in [1.165, 1.54) is 25.7 Å². The molecule has 1 saturated heterocycles. The number of ether oxygens (including phenoxy) is 1. The molecule has 3 unspecified atom stereocenters. The molecular weight excluding hydrogens is 414 g/mol. The van der Waals surface area contributed by atoms with Crippen LogP contribution in [0.4, 0.5) is 4.79 Å². The molecule has 4 saturated carbocycles. The molecule has 5 nitrogen and oxygen atoms in total. The standard InChI is InChI=1S/C28H47NO4/c1-5-19-23-15-18(30)9-11-28(23,4)22-10-12-27(3)20(7-8-21(27)24(22)25(19)31)17(2)16-33-26(32)29-13-6-14-29/h17-25,30-31H,5-16H2,1-4H3/t17-,18-,19-,20-,21+,22+,23?,24?,25-,27?,28-/m1/s1. The number of hydrogen-bond donors (Lipinski definition) is 2. The molecule has 1 heterocycles. The van der Waals surface area contributed by atoms with Crippen LogP contribution in [0.25, 0.3) is 0 Å². The van der Waals surface area contributed by atoms with Gasteiger partial charge in [-0.05, 0) is 104 Å². The van der Waals surface area contributed by atoms with Gasteiger partial charge >= 0.3 is 6.09 Å². The third-order valence-electron chi connectivity index (χ3n) is 11.7. The maximum atomic E-state index is 12.3. The summed E-state index contributed by atoms with van der Waals surface area (Å²) in [5, 5.41) is 22.3. The number of likely N-dealkylation sites (tertiary alicyclic amines) is 1. The van der Waals surface area contributed by atoms with Crippen LogP contribution in [0.2, 0.25) is 0 Å². The molecular formula is C28H47NO4. The van der Waals surface area contributed by atoms with Gasteiger partial charge in [-0.3, -0.25) is 0 Å². The summed E-state index contributed by atoms with van der Waals surface area (Å²) in [5.74, 6) is 3.18. The maximum Gasteiger partial charge on any atom is 0.409 e. The average molecular weight is 462 g/mol. The lowest BCUT2D eigenvalue weighted by Gasteiger charge is -2.64. The number of fused-ring (bicyclic) bond motifs is 5. The molecule has 5 fully saturated rings. The van der Waals surface area contributed by atoms with Crippen molar-refractivity contribution < 1.29 is 19.7 Å². The summed E-state index contributed by atoms with van der Waals surface area (Å²) in [7, 11) is 0. The van der Waals surface area contributed by atoms with Gasteiger partial charge in [0.2, 0.25) is 0 Å². The number of aliphatic hydroxyl groups is 2. The van der Waals surface area contributed by atoms with Crippen molar-refractivity contribution in [2.24, 2.45) is 52.3 Å². The summed E-state index contributed by atoms with van der Waals surface area (Å²) in [6.07, 6.45) is 9.25. The topological polar surface area (TPSA) is 70.0 Å². The predicted molar refractivity (Wildman–Crippen MR) is 128 cm³/mol. The van der Waals surface area contributed by atoms with Crippen molar-refractivity contribution in [3.05, 3.63) is 0 Å². The molecule has 33 heavy (non-hydrogen) atoms. The van der Waals surface area contributed by atoms with Gasteiger partial charge in [0.25, 0.3) is 0 Å². The Morgan fingerprint density at radius 3 is 2.39 bits per heavy atom. The van der Waals surface area contributed by atoms with Crippen LogP contribution in [0, 0.1) is 52.3 Å². The molecule has 0 radical (unpaired) electrons. The number of rotatable bonds is 4. The lowest BCUT2D eigenvalue weighted by molar-refractivity contribution is -0.203. The Bertz CT molecular complexity index is 739. The smallest absolute Gasteiger partial charge is 0.409 e. The van der Waals surface area contributed by atoms with Crippen molar-refractivity contribution in [1.82, 2.24) is 4.90 Å². The van der Waals surface area contributed by atoms with Crippen LogP contribution in [0.5, 0.6) is 0 Å². The highest BCUT2D eigenvalue weighted by Gasteiger charge is 2.64. The van der Waals surface area contributed by atoms with Gasteiger partial charge in [-0.15, -0.1) is 0 Å². The van der Waals surface area contributed by atoms with Crippen LogP contribution in [0.1, 0.15) is 85.5 Å². The van der Waals surface area contributed by atoms with E-state index in [9.17, 15) is 15.0 Å². The first-order valence-electron chi connectivity index (χ1n) is 14.0. The normalized spacial score (nSPS) is 49.9. The van der Waals surface area contributed by atoms with Crippen molar-refractivity contribution in [2.75, 3.05) is 19.7 Å². The molecule has 1 amide bonds. The first kappa shape index (κ1) is 23.9. The molecule has 188 valence electrons. The molecule has 5 aliphatic rings. The highest BCUT2D eigenvalue weighted by atomic mass is 16.6. The molecule has 2 N–H and O–H groups in total. The highest BCUT2D eigenvalue weighted by Crippen LogP contribution is 2.69. The second-order valence-electron chi connectivity index (χ2n) is 13.0. The molecule has 1 aliphatic heterocycles. The summed E-state index contributed by atoms with van der Waals surface area (Å²) in [6, 6.07) is 0. The van der Waals surface area contributed by atoms with Crippen LogP contribution >= 0.6 is 0 Å². The Labute approximate surface area is 200 Å². The van der Waals surface area contributed by atoms with E-state index in [0.717, 1.165) is 45.2 Å². The predicted octanol–water partition coefficient (Wildman–Crippen LogP) is 5.09. The van der Waals surface area contributed by atoms with Crippen molar-refractivity contribution in [2.45, 2.75) is 97.7 Å². The zero-order valence-electron chi connectivity index (χ0n) is 21.3. The Morgan fingerprint density at radius 1 is 1.03 bits per heavy atom. The van der Waals surface area contributed by atoms with Gasteiger partial charge in [0.05, 0.1) is 18.8 Å². The number of nitrogens with zero attached hydrogens (tertiary/aromatic N) is 1. The van der Waals surface area contributed by atoms with E-state index in [1.807, 2.05) is 0 Å². The summed E-state index contributed by atoms with van der Waals surface area (Å²) in [6.45, 7) is 11.7. The van der Waals surface area contributed by atoms with Crippen molar-refractivity contribution in [3.63, 3.8) is 0 Å². The number of aliphatic hydroxyl groups excluding tert-OH is 2. The van der Waals surface area contributed by atoms with Crippen LogP contribution in [0.3, 0.4) is 0 Å². The van der Waals surface area contributed by atoms with E-state index in [4.69, 9.17) is 4.74 Å². The molecule has 0 aromatic heterocycles. The fourth-order valence-corrected chi connectivity index (χ4v) is 9.84. The van der Waals surface area contributed by atoms with E-state index in [1.54, 1.807) is 4.90 Å². The van der Waals surface area contributed by atoms with Crippen LogP contribution in [-0.2, 0) is 4.74 Å². The summed E-state index contributed by atoms with van der Waals surface area (Å²) >= 11 is 0. The SMILES string of the molecule is CC[C@@H]1C2C[C@H](O)CC[C@]2(C)[C@H]2CCC3(C)[C@@H]([C@H](C)COC(=O)N4CCC4)CC[C@H]3C2[C@@H]1O. The maximum absolute atomic E-state index is 12.3. The van der Waals surface area contributed by atoms with Gasteiger partial charge in [0.1, 0.15) is 0 Å². The quantitative estimate of drug-likeness (QED) is 0.612. The van der Waals surface area contributed by atoms with Gasteiger partial charge in [0, 0.05) is 13.1 Å². The number of carbonyl (C=O) groups is 1. The second kappa shape index (κ2) is 8.69. The van der Waals surface area contributed by atoms with Crippen molar-refractivity contribution >= 4 is 6.09 Å². The minimum Gasteiger partial charge on any atom is -0.449 e. The molecule has 5 rings (SSSR count). The first-order valence-corrected chi connectivity index (χ1v) is 14.0. The Morgan fingerprint density at radius 2 is 1.73 bits per heavy atom. The number of amides is 1. The Kier molecular flexibility index (Phi) is 6.30. The summed E-state index contributed by atoms with van der Waals surface area (Å²) < 4.78 is 5.72. The third kappa shape index (κ3) is 3.66. The zero-order chi connectivity index (χ0) is 23.5. The highest BCUT2D eigenvalue weighted by molar-refractivity contribution is 5.68. The minimum absolute atomic E-state index is 0.136.